The van der Waals surface area contributed by atoms with E-state index in [1.807, 2.05) is 0 Å². The summed E-state index contributed by atoms with van der Waals surface area (Å²) in [4.78, 5) is 0. The van der Waals surface area contributed by atoms with Gasteiger partial charge in [-0.25, -0.2) is 0 Å². The number of halogens is 1. The van der Waals surface area contributed by atoms with Crippen molar-refractivity contribution in [3.05, 3.63) is 0 Å². The van der Waals surface area contributed by atoms with Gasteiger partial charge in [0, 0.05) is 5.33 Å². The van der Waals surface area contributed by atoms with Crippen LogP contribution >= 0.6 is 15.9 Å². The molecule has 68 valence electrons. The van der Waals surface area contributed by atoms with Crippen LogP contribution in [0.4, 0.5) is 0 Å². The Labute approximate surface area is 79.9 Å². The first-order valence-corrected chi connectivity index (χ1v) is 5.86. The van der Waals surface area contributed by atoms with E-state index < -0.39 is 0 Å². The van der Waals surface area contributed by atoms with Crippen LogP contribution in [0.1, 0.15) is 52.9 Å². The van der Waals surface area contributed by atoms with Gasteiger partial charge >= 0.3 is 0 Å². The second-order valence-electron chi connectivity index (χ2n) is 3.80. The van der Waals surface area contributed by atoms with E-state index in [2.05, 4.69) is 36.7 Å². The topological polar surface area (TPSA) is 0 Å². The molecule has 0 bridgehead atoms. The van der Waals surface area contributed by atoms with E-state index in [0.29, 0.717) is 5.41 Å². The molecular formula is C10H21Br. The van der Waals surface area contributed by atoms with Crippen LogP contribution in [0.3, 0.4) is 0 Å². The Hall–Kier alpha value is 0.480. The average Bonchev–Trinajstić information content (AvgIpc) is 2.02. The van der Waals surface area contributed by atoms with Crippen molar-refractivity contribution in [2.24, 2.45) is 5.41 Å². The van der Waals surface area contributed by atoms with Crippen molar-refractivity contribution < 1.29 is 0 Å². The number of alkyl halides is 1. The van der Waals surface area contributed by atoms with Crippen LogP contribution in [0, 0.1) is 5.41 Å². The molecule has 1 heteroatoms. The van der Waals surface area contributed by atoms with Gasteiger partial charge in [-0.15, -0.1) is 0 Å². The van der Waals surface area contributed by atoms with Crippen LogP contribution < -0.4 is 0 Å². The Morgan fingerprint density at radius 3 is 2.09 bits per heavy atom. The molecule has 0 radical (unpaired) electrons. The summed E-state index contributed by atoms with van der Waals surface area (Å²) >= 11 is 3.60. The zero-order chi connectivity index (χ0) is 8.74. The zero-order valence-electron chi connectivity index (χ0n) is 8.12. The van der Waals surface area contributed by atoms with Gasteiger partial charge in [0.05, 0.1) is 0 Å². The molecule has 0 fully saturated rings. The van der Waals surface area contributed by atoms with Crippen LogP contribution in [-0.2, 0) is 0 Å². The number of rotatable bonds is 6. The summed E-state index contributed by atoms with van der Waals surface area (Å²) in [5, 5.41) is 1.16. The van der Waals surface area contributed by atoms with Gasteiger partial charge in [-0.3, -0.25) is 0 Å². The lowest BCUT2D eigenvalue weighted by Crippen LogP contribution is -2.17. The summed E-state index contributed by atoms with van der Waals surface area (Å²) < 4.78 is 0. The Balaban J connectivity index is 3.68. The summed E-state index contributed by atoms with van der Waals surface area (Å²) in [7, 11) is 0. The minimum atomic E-state index is 0.560. The SMILES string of the molecule is CCCCC(C)(CBr)CCC. The maximum Gasteiger partial charge on any atom is 0.00853 e. The summed E-state index contributed by atoms with van der Waals surface area (Å²) in [5.41, 5.74) is 0.560. The Morgan fingerprint density at radius 1 is 1.09 bits per heavy atom. The molecule has 0 spiro atoms. The highest BCUT2D eigenvalue weighted by Gasteiger charge is 2.20. The van der Waals surface area contributed by atoms with E-state index in [-0.39, 0.29) is 0 Å². The van der Waals surface area contributed by atoms with E-state index >= 15 is 0 Å². The molecule has 0 nitrogen and oxygen atoms in total. The first-order chi connectivity index (χ1) is 5.18. The highest BCUT2D eigenvalue weighted by molar-refractivity contribution is 9.09. The monoisotopic (exact) mass is 220 g/mol. The quantitative estimate of drug-likeness (QED) is 0.584. The average molecular weight is 221 g/mol. The minimum absolute atomic E-state index is 0.560. The lowest BCUT2D eigenvalue weighted by molar-refractivity contribution is 0.305. The Morgan fingerprint density at radius 2 is 1.73 bits per heavy atom. The molecule has 0 aliphatic heterocycles. The Kier molecular flexibility index (Phi) is 6.31. The van der Waals surface area contributed by atoms with E-state index in [4.69, 9.17) is 0 Å². The molecule has 0 aliphatic carbocycles. The van der Waals surface area contributed by atoms with E-state index in [1.165, 1.54) is 32.1 Å². The first-order valence-electron chi connectivity index (χ1n) is 4.74. The van der Waals surface area contributed by atoms with Gasteiger partial charge in [0.1, 0.15) is 0 Å². The van der Waals surface area contributed by atoms with Crippen LogP contribution in [0.2, 0.25) is 0 Å². The minimum Gasteiger partial charge on any atom is -0.0922 e. The largest absolute Gasteiger partial charge is 0.0922 e. The zero-order valence-corrected chi connectivity index (χ0v) is 9.71. The highest BCUT2D eigenvalue weighted by Crippen LogP contribution is 2.31. The van der Waals surface area contributed by atoms with Crippen molar-refractivity contribution in [2.45, 2.75) is 52.9 Å². The molecule has 0 saturated carbocycles. The molecule has 0 saturated heterocycles. The van der Waals surface area contributed by atoms with E-state index in [1.54, 1.807) is 0 Å². The Bertz CT molecular complexity index is 90.9. The predicted octanol–water partition coefficient (Wildman–Crippen LogP) is 4.38. The van der Waals surface area contributed by atoms with Gasteiger partial charge in [-0.1, -0.05) is 56.0 Å². The fourth-order valence-corrected chi connectivity index (χ4v) is 2.03. The normalized spacial score (nSPS) is 16.4. The molecule has 0 aromatic carbocycles. The van der Waals surface area contributed by atoms with Crippen molar-refractivity contribution >= 4 is 15.9 Å². The molecular weight excluding hydrogens is 200 g/mol. The summed E-state index contributed by atoms with van der Waals surface area (Å²) in [5.74, 6) is 0. The maximum absolute atomic E-state index is 3.60. The van der Waals surface area contributed by atoms with Gasteiger partial charge in [-0.05, 0) is 18.3 Å². The van der Waals surface area contributed by atoms with E-state index in [9.17, 15) is 0 Å². The molecule has 1 atom stereocenters. The van der Waals surface area contributed by atoms with Gasteiger partial charge in [0.2, 0.25) is 0 Å². The molecule has 0 heterocycles. The van der Waals surface area contributed by atoms with Crippen LogP contribution in [0.15, 0.2) is 0 Å². The maximum atomic E-state index is 3.60. The van der Waals surface area contributed by atoms with Crippen molar-refractivity contribution in [1.29, 1.82) is 0 Å². The third-order valence-corrected chi connectivity index (χ3v) is 3.66. The highest BCUT2D eigenvalue weighted by atomic mass is 79.9. The van der Waals surface area contributed by atoms with Crippen LogP contribution in [0.25, 0.3) is 0 Å². The second kappa shape index (κ2) is 6.05. The fourth-order valence-electron chi connectivity index (χ4n) is 1.47. The van der Waals surface area contributed by atoms with Crippen molar-refractivity contribution in [3.63, 3.8) is 0 Å². The fraction of sp³-hybridized carbons (Fsp3) is 1.00. The molecule has 11 heavy (non-hydrogen) atoms. The predicted molar refractivity (Wildman–Crippen MR) is 56.3 cm³/mol. The summed E-state index contributed by atoms with van der Waals surface area (Å²) in [6, 6.07) is 0. The first kappa shape index (κ1) is 11.5. The molecule has 0 rings (SSSR count). The summed E-state index contributed by atoms with van der Waals surface area (Å²) in [6.07, 6.45) is 6.75. The van der Waals surface area contributed by atoms with Crippen LogP contribution in [-0.4, -0.2) is 5.33 Å². The molecule has 0 N–H and O–H groups in total. The molecule has 1 unspecified atom stereocenters. The van der Waals surface area contributed by atoms with Crippen molar-refractivity contribution in [2.75, 3.05) is 5.33 Å². The lowest BCUT2D eigenvalue weighted by Gasteiger charge is -2.26. The van der Waals surface area contributed by atoms with Gasteiger partial charge in [0.15, 0.2) is 0 Å². The number of unbranched alkanes of at least 4 members (excludes halogenated alkanes) is 1. The van der Waals surface area contributed by atoms with E-state index in [0.717, 1.165) is 5.33 Å². The van der Waals surface area contributed by atoms with Crippen molar-refractivity contribution in [1.82, 2.24) is 0 Å². The molecule has 0 aliphatic rings. The van der Waals surface area contributed by atoms with Crippen molar-refractivity contribution in [3.8, 4) is 0 Å². The smallest absolute Gasteiger partial charge is 0.00853 e. The van der Waals surface area contributed by atoms with Gasteiger partial charge in [0.25, 0.3) is 0 Å². The van der Waals surface area contributed by atoms with Gasteiger partial charge < -0.3 is 0 Å². The molecule has 0 aromatic heterocycles. The standard InChI is InChI=1S/C10H21Br/c1-4-6-8-10(3,9-11)7-5-2/h4-9H2,1-3H3. The third kappa shape index (κ3) is 4.84. The third-order valence-electron chi connectivity index (χ3n) is 2.31. The number of hydrogen-bond acceptors (Lipinski definition) is 0. The molecule has 0 amide bonds. The lowest BCUT2D eigenvalue weighted by atomic mass is 9.83. The van der Waals surface area contributed by atoms with Crippen LogP contribution in [0.5, 0.6) is 0 Å². The number of hydrogen-bond donors (Lipinski definition) is 0. The molecule has 0 aromatic rings. The second-order valence-corrected chi connectivity index (χ2v) is 4.36. The summed E-state index contributed by atoms with van der Waals surface area (Å²) in [6.45, 7) is 6.92. The van der Waals surface area contributed by atoms with Gasteiger partial charge in [-0.2, -0.15) is 0 Å².